The second-order valence-electron chi connectivity index (χ2n) is 18.6. The first-order valence-electron chi connectivity index (χ1n) is 22.3. The lowest BCUT2D eigenvalue weighted by Crippen LogP contribution is -2.59. The van der Waals surface area contributed by atoms with E-state index in [0.717, 1.165) is 48.3 Å². The Morgan fingerprint density at radius 3 is 2.09 bits per heavy atom. The minimum atomic E-state index is -3.56. The van der Waals surface area contributed by atoms with E-state index in [9.17, 15) is 25.3 Å². The Kier molecular flexibility index (Phi) is 19.4. The third-order valence-electron chi connectivity index (χ3n) is 14.5. The molecule has 0 amide bonds. The van der Waals surface area contributed by atoms with E-state index in [1.54, 1.807) is 5.57 Å². The van der Waals surface area contributed by atoms with Crippen molar-refractivity contribution in [2.24, 2.45) is 46.3 Å². The quantitative estimate of drug-likeness (QED) is 0.0440. The molecule has 58 heavy (non-hydrogen) atoms. The van der Waals surface area contributed by atoms with Gasteiger partial charge in [-0.15, -0.1) is 0 Å². The molecular weight excluding hydrogens is 788 g/mol. The third kappa shape index (κ3) is 12.7. The van der Waals surface area contributed by atoms with Gasteiger partial charge in [-0.2, -0.15) is 0 Å². The van der Waals surface area contributed by atoms with Crippen molar-refractivity contribution in [1.29, 1.82) is 0 Å². The Hall–Kier alpha value is -0.130. The van der Waals surface area contributed by atoms with Gasteiger partial charge in [0.25, 0.3) is 0 Å². The molecular formula is C43H77O13PS. The van der Waals surface area contributed by atoms with Gasteiger partial charge in [0.2, 0.25) is 0 Å². The zero-order chi connectivity index (χ0) is 41.9. The molecule has 5 N–H and O–H groups in total. The molecule has 15 heteroatoms. The van der Waals surface area contributed by atoms with Gasteiger partial charge in [-0.1, -0.05) is 65.5 Å². The summed E-state index contributed by atoms with van der Waals surface area (Å²) in [4.78, 5) is 10.2. The number of rotatable bonds is 25. The highest BCUT2D eigenvalue weighted by molar-refractivity contribution is 8.07. The lowest BCUT2D eigenvalue weighted by atomic mass is 9.47. The summed E-state index contributed by atoms with van der Waals surface area (Å²) in [6.07, 6.45) is 10.6. The molecule has 1 saturated heterocycles. The molecule has 9 unspecified atom stereocenters. The van der Waals surface area contributed by atoms with Gasteiger partial charge in [-0.3, -0.25) is 0 Å². The third-order valence-corrected chi connectivity index (χ3v) is 16.2. The van der Waals surface area contributed by atoms with Crippen LogP contribution in [0.25, 0.3) is 0 Å². The Labute approximate surface area is 353 Å². The van der Waals surface area contributed by atoms with Gasteiger partial charge in [0.15, 0.2) is 6.29 Å². The van der Waals surface area contributed by atoms with E-state index < -0.39 is 44.0 Å². The van der Waals surface area contributed by atoms with E-state index in [0.29, 0.717) is 50.5 Å². The molecule has 0 bridgehead atoms. The SMILES string of the molecule is CC(C)CCCC(C)C1CCC2C3CC=C4CC(OCCOCCOCCOCCOP(O)(=S)OCCO[C@@H]5O[C@H](CO)[C@H](O)[C@H](O)[C@H]5O)CCC4(C)C3CCC12C. The second-order valence-corrected chi connectivity index (χ2v) is 21.4. The van der Waals surface area contributed by atoms with Crippen molar-refractivity contribution in [2.75, 3.05) is 72.7 Å². The summed E-state index contributed by atoms with van der Waals surface area (Å²) in [7, 11) is 0. The summed E-state index contributed by atoms with van der Waals surface area (Å²) in [6, 6.07) is 0. The molecule has 4 aliphatic carbocycles. The van der Waals surface area contributed by atoms with Crippen LogP contribution >= 0.6 is 6.72 Å². The first-order valence-corrected chi connectivity index (χ1v) is 24.9. The van der Waals surface area contributed by atoms with E-state index >= 15 is 0 Å². The van der Waals surface area contributed by atoms with Crippen LogP contribution in [0.3, 0.4) is 0 Å². The van der Waals surface area contributed by atoms with Crippen molar-refractivity contribution in [3.63, 3.8) is 0 Å². The van der Waals surface area contributed by atoms with Gasteiger partial charge in [-0.05, 0) is 110 Å². The van der Waals surface area contributed by atoms with E-state index in [2.05, 4.69) is 40.7 Å². The molecule has 0 spiro atoms. The minimum absolute atomic E-state index is 0.0155. The van der Waals surface area contributed by atoms with Gasteiger partial charge in [0.1, 0.15) is 24.4 Å². The van der Waals surface area contributed by atoms with Crippen LogP contribution in [0.15, 0.2) is 11.6 Å². The van der Waals surface area contributed by atoms with Gasteiger partial charge < -0.3 is 62.8 Å². The van der Waals surface area contributed by atoms with Crippen molar-refractivity contribution < 1.29 is 62.8 Å². The van der Waals surface area contributed by atoms with Crippen molar-refractivity contribution in [2.45, 2.75) is 142 Å². The van der Waals surface area contributed by atoms with Crippen LogP contribution in [-0.4, -0.2) is 135 Å². The predicted octanol–water partition coefficient (Wildman–Crippen LogP) is 5.53. The first kappa shape index (κ1) is 48.9. The molecule has 5 aliphatic rings. The number of allylic oxidation sites excluding steroid dienone is 1. The highest BCUT2D eigenvalue weighted by Gasteiger charge is 2.59. The molecule has 1 aliphatic heterocycles. The fourth-order valence-corrected chi connectivity index (χ4v) is 12.5. The molecule has 5 rings (SSSR count). The van der Waals surface area contributed by atoms with E-state index in [1.807, 2.05) is 0 Å². The molecule has 14 atom stereocenters. The van der Waals surface area contributed by atoms with Crippen LogP contribution in [-0.2, 0) is 49.3 Å². The average molecular weight is 865 g/mol. The number of aliphatic hydroxyl groups excluding tert-OH is 4. The van der Waals surface area contributed by atoms with Gasteiger partial charge in [0, 0.05) is 0 Å². The average Bonchev–Trinajstić information content (AvgIpc) is 3.55. The molecule has 1 heterocycles. The summed E-state index contributed by atoms with van der Waals surface area (Å²) in [5, 5.41) is 38.9. The van der Waals surface area contributed by atoms with Crippen molar-refractivity contribution >= 4 is 18.5 Å². The molecule has 13 nitrogen and oxygen atoms in total. The van der Waals surface area contributed by atoms with Crippen LogP contribution in [0.5, 0.6) is 0 Å². The van der Waals surface area contributed by atoms with Crippen molar-refractivity contribution in [3.05, 3.63) is 11.6 Å². The fraction of sp³-hybridized carbons (Fsp3) is 0.953. The van der Waals surface area contributed by atoms with Crippen LogP contribution in [0.4, 0.5) is 0 Å². The van der Waals surface area contributed by atoms with Crippen molar-refractivity contribution in [1.82, 2.24) is 0 Å². The number of ether oxygens (including phenoxy) is 6. The summed E-state index contributed by atoms with van der Waals surface area (Å²) in [6.45, 7) is 11.1. The normalized spacial score (nSPS) is 37.8. The highest BCUT2D eigenvalue weighted by atomic mass is 32.5. The van der Waals surface area contributed by atoms with Crippen LogP contribution in [0, 0.1) is 46.3 Å². The van der Waals surface area contributed by atoms with E-state index in [4.69, 9.17) is 49.3 Å². The van der Waals surface area contributed by atoms with E-state index in [-0.39, 0.29) is 32.5 Å². The first-order chi connectivity index (χ1) is 27.7. The molecule has 0 aromatic rings. The lowest BCUT2D eigenvalue weighted by Gasteiger charge is -2.58. The van der Waals surface area contributed by atoms with Crippen LogP contribution < -0.4 is 0 Å². The maximum atomic E-state index is 10.2. The Morgan fingerprint density at radius 1 is 0.776 bits per heavy atom. The second kappa shape index (κ2) is 23.0. The topological polar surface area (TPSA) is 175 Å². The van der Waals surface area contributed by atoms with Gasteiger partial charge >= 0.3 is 6.72 Å². The number of fused-ring (bicyclic) bond motifs is 5. The predicted molar refractivity (Wildman–Crippen MR) is 223 cm³/mol. The van der Waals surface area contributed by atoms with E-state index in [1.165, 1.54) is 57.8 Å². The molecule has 0 radical (unpaired) electrons. The monoisotopic (exact) mass is 864 g/mol. The fourth-order valence-electron chi connectivity index (χ4n) is 11.4. The van der Waals surface area contributed by atoms with Crippen molar-refractivity contribution in [3.8, 4) is 0 Å². The highest BCUT2D eigenvalue weighted by Crippen LogP contribution is 2.67. The molecule has 338 valence electrons. The number of hydrogen-bond donors (Lipinski definition) is 5. The Morgan fingerprint density at radius 2 is 1.41 bits per heavy atom. The standard InChI is InChI=1S/C43H77O13PS/c1-29(2)7-6-8-30(3)34-11-12-35-33-10-9-31-27-32(13-15-42(31,4)36(33)14-16-43(34,35)5)52-23-21-50-19-17-49-18-20-51-22-25-54-57(48,58)55-26-24-53-41-40(47)39(46)38(45)37(28-44)56-41/h9,29-30,32-41,44-47H,6-8,10-28H2,1-5H3,(H,48,58)/t30?,32?,33?,34?,35?,36?,37-,38+,39+,40-,41-,42?,43?,57?/m1/s1. The minimum Gasteiger partial charge on any atom is -0.394 e. The van der Waals surface area contributed by atoms with Crippen LogP contribution in [0.2, 0.25) is 0 Å². The summed E-state index contributed by atoms with van der Waals surface area (Å²) >= 11 is 4.98. The summed E-state index contributed by atoms with van der Waals surface area (Å²) < 4.78 is 44.2. The van der Waals surface area contributed by atoms with Crippen LogP contribution in [0.1, 0.15) is 105 Å². The zero-order valence-corrected chi connectivity index (χ0v) is 37.6. The summed E-state index contributed by atoms with van der Waals surface area (Å²) in [5.41, 5.74) is 2.53. The number of aliphatic hydroxyl groups is 4. The molecule has 3 saturated carbocycles. The largest absolute Gasteiger partial charge is 0.394 e. The summed E-state index contributed by atoms with van der Waals surface area (Å²) in [5.74, 6) is 5.14. The lowest BCUT2D eigenvalue weighted by molar-refractivity contribution is -0.301. The zero-order valence-electron chi connectivity index (χ0n) is 35.9. The van der Waals surface area contributed by atoms with Gasteiger partial charge in [-0.25, -0.2) is 0 Å². The Bertz CT molecular complexity index is 1310. The van der Waals surface area contributed by atoms with Gasteiger partial charge in [0.05, 0.1) is 78.8 Å². The molecule has 4 fully saturated rings. The number of hydrogen-bond acceptors (Lipinski definition) is 13. The molecule has 0 aromatic heterocycles. The smallest absolute Gasteiger partial charge is 0.324 e. The Balaban J connectivity index is 0.864. The maximum Gasteiger partial charge on any atom is 0.324 e. The maximum absolute atomic E-state index is 10.2. The molecule has 0 aromatic carbocycles.